The van der Waals surface area contributed by atoms with Crippen LogP contribution >= 0.6 is 0 Å². The van der Waals surface area contributed by atoms with Gasteiger partial charge in [-0.25, -0.2) is 0 Å². The van der Waals surface area contributed by atoms with Crippen LogP contribution < -0.4 is 5.73 Å². The summed E-state index contributed by atoms with van der Waals surface area (Å²) in [5.74, 6) is 0. The molecule has 0 amide bonds. The molecule has 2 rings (SSSR count). The fourth-order valence-electron chi connectivity index (χ4n) is 1.60. The Bertz CT molecular complexity index is 487. The van der Waals surface area contributed by atoms with E-state index in [2.05, 4.69) is 4.98 Å². The van der Waals surface area contributed by atoms with Crippen LogP contribution in [0.2, 0.25) is 0 Å². The summed E-state index contributed by atoms with van der Waals surface area (Å²) in [6.07, 6.45) is -2.78. The first-order valence-corrected chi connectivity index (χ1v) is 4.85. The highest BCUT2D eigenvalue weighted by atomic mass is 19.4. The van der Waals surface area contributed by atoms with Crippen LogP contribution in [0.3, 0.4) is 0 Å². The summed E-state index contributed by atoms with van der Waals surface area (Å²) in [5, 5.41) is 0.895. The Kier molecular flexibility index (Phi) is 2.63. The zero-order valence-electron chi connectivity index (χ0n) is 8.38. The van der Waals surface area contributed by atoms with Crippen molar-refractivity contribution in [3.8, 4) is 0 Å². The number of H-pyrrole nitrogens is 1. The average molecular weight is 228 g/mol. The third-order valence-corrected chi connectivity index (χ3v) is 2.49. The molecule has 5 heteroatoms. The number of nitrogens with one attached hydrogen (secondary N) is 1. The molecule has 0 fully saturated rings. The molecular weight excluding hydrogens is 217 g/mol. The quantitative estimate of drug-likeness (QED) is 0.815. The lowest BCUT2D eigenvalue weighted by Gasteiger charge is -2.15. The zero-order chi connectivity index (χ0) is 11.8. The van der Waals surface area contributed by atoms with Gasteiger partial charge in [0.2, 0.25) is 0 Å². The molecule has 1 atom stereocenters. The summed E-state index contributed by atoms with van der Waals surface area (Å²) in [6, 6.07) is 5.15. The lowest BCUT2D eigenvalue weighted by molar-refractivity contribution is -0.147. The van der Waals surface area contributed by atoms with E-state index < -0.39 is 12.2 Å². The van der Waals surface area contributed by atoms with Gasteiger partial charge in [0.15, 0.2) is 0 Å². The fourth-order valence-corrected chi connectivity index (χ4v) is 1.60. The molecule has 0 spiro atoms. The summed E-state index contributed by atoms with van der Waals surface area (Å²) >= 11 is 0. The van der Waals surface area contributed by atoms with Crippen molar-refractivity contribution < 1.29 is 13.2 Å². The number of hydrogen-bond acceptors (Lipinski definition) is 1. The van der Waals surface area contributed by atoms with Crippen molar-refractivity contribution >= 4 is 10.9 Å². The molecule has 1 unspecified atom stereocenters. The molecule has 3 N–H and O–H groups in total. The lowest BCUT2D eigenvalue weighted by atomic mass is 10.0. The van der Waals surface area contributed by atoms with Crippen LogP contribution in [0.5, 0.6) is 0 Å². The maximum atomic E-state index is 12.3. The minimum absolute atomic E-state index is 0.190. The third-order valence-electron chi connectivity index (χ3n) is 2.49. The Morgan fingerprint density at radius 1 is 1.25 bits per heavy atom. The summed E-state index contributed by atoms with van der Waals surface area (Å²) in [5.41, 5.74) is 6.57. The van der Waals surface area contributed by atoms with Crippen molar-refractivity contribution in [3.05, 3.63) is 36.0 Å². The minimum Gasteiger partial charge on any atom is -0.361 e. The number of halogens is 3. The van der Waals surface area contributed by atoms with E-state index >= 15 is 0 Å². The van der Waals surface area contributed by atoms with E-state index in [1.54, 1.807) is 24.4 Å². The second kappa shape index (κ2) is 3.83. The third kappa shape index (κ3) is 2.19. The van der Waals surface area contributed by atoms with Crippen molar-refractivity contribution in [2.75, 3.05) is 0 Å². The Morgan fingerprint density at radius 3 is 2.69 bits per heavy atom. The Hall–Kier alpha value is -1.49. The molecule has 1 aromatic heterocycles. The molecule has 2 aromatic rings. The van der Waals surface area contributed by atoms with Gasteiger partial charge in [-0.15, -0.1) is 0 Å². The van der Waals surface area contributed by atoms with Gasteiger partial charge < -0.3 is 10.7 Å². The molecule has 0 radical (unpaired) electrons. The van der Waals surface area contributed by atoms with E-state index in [4.69, 9.17) is 5.73 Å². The number of benzene rings is 1. The molecule has 0 saturated heterocycles. The monoisotopic (exact) mass is 228 g/mol. The predicted molar refractivity (Wildman–Crippen MR) is 56.0 cm³/mol. The van der Waals surface area contributed by atoms with Crippen LogP contribution in [0.4, 0.5) is 13.2 Å². The largest absolute Gasteiger partial charge is 0.403 e. The van der Waals surface area contributed by atoms with Crippen molar-refractivity contribution in [1.29, 1.82) is 0 Å². The summed E-state index contributed by atoms with van der Waals surface area (Å²) in [4.78, 5) is 2.98. The highest BCUT2D eigenvalue weighted by Gasteiger charge is 2.36. The van der Waals surface area contributed by atoms with E-state index in [1.807, 2.05) is 6.07 Å². The first-order chi connectivity index (χ1) is 7.47. The van der Waals surface area contributed by atoms with Crippen LogP contribution in [0.15, 0.2) is 30.5 Å². The van der Waals surface area contributed by atoms with E-state index in [9.17, 15) is 13.2 Å². The van der Waals surface area contributed by atoms with Crippen LogP contribution in [-0.4, -0.2) is 17.2 Å². The maximum absolute atomic E-state index is 12.3. The van der Waals surface area contributed by atoms with Gasteiger partial charge in [-0.1, -0.05) is 6.07 Å². The first-order valence-electron chi connectivity index (χ1n) is 4.85. The van der Waals surface area contributed by atoms with E-state index in [1.165, 1.54) is 0 Å². The van der Waals surface area contributed by atoms with Gasteiger partial charge in [0.05, 0.1) is 0 Å². The van der Waals surface area contributed by atoms with E-state index in [0.717, 1.165) is 10.9 Å². The highest BCUT2D eigenvalue weighted by molar-refractivity contribution is 5.79. The van der Waals surface area contributed by atoms with Crippen LogP contribution in [0, 0.1) is 0 Å². The second-order valence-electron chi connectivity index (χ2n) is 3.75. The van der Waals surface area contributed by atoms with Crippen molar-refractivity contribution in [2.24, 2.45) is 5.73 Å². The molecule has 0 aliphatic heterocycles. The fraction of sp³-hybridized carbons (Fsp3) is 0.273. The van der Waals surface area contributed by atoms with E-state index in [0.29, 0.717) is 5.56 Å². The molecule has 1 heterocycles. The normalized spacial score (nSPS) is 14.2. The Labute approximate surface area is 90.3 Å². The topological polar surface area (TPSA) is 41.8 Å². The number of aromatic nitrogens is 1. The zero-order valence-corrected chi connectivity index (χ0v) is 8.38. The maximum Gasteiger partial charge on any atom is 0.403 e. The number of nitrogens with two attached hydrogens (primary N) is 1. The molecule has 0 saturated carbocycles. The first kappa shape index (κ1) is 11.0. The second-order valence-corrected chi connectivity index (χ2v) is 3.75. The Morgan fingerprint density at radius 2 is 2.00 bits per heavy atom. The lowest BCUT2D eigenvalue weighted by Crippen LogP contribution is -2.39. The number of hydrogen-bond donors (Lipinski definition) is 2. The molecule has 86 valence electrons. The molecule has 0 aliphatic carbocycles. The number of rotatable bonds is 2. The standard InChI is InChI=1S/C11H11F3N2/c12-11(13,14)10(15)6-7-1-2-9-8(5-7)3-4-16-9/h1-5,10,16H,6,15H2. The van der Waals surface area contributed by atoms with Crippen LogP contribution in [-0.2, 0) is 6.42 Å². The van der Waals surface area contributed by atoms with Crippen molar-refractivity contribution in [2.45, 2.75) is 18.6 Å². The Balaban J connectivity index is 2.21. The average Bonchev–Trinajstić information content (AvgIpc) is 2.63. The minimum atomic E-state index is -4.34. The van der Waals surface area contributed by atoms with Gasteiger partial charge in [-0.3, -0.25) is 0 Å². The van der Waals surface area contributed by atoms with Gasteiger partial charge in [-0.05, 0) is 35.6 Å². The van der Waals surface area contributed by atoms with E-state index in [-0.39, 0.29) is 6.42 Å². The van der Waals surface area contributed by atoms with Gasteiger partial charge >= 0.3 is 6.18 Å². The SMILES string of the molecule is NC(Cc1ccc2[nH]ccc2c1)C(F)(F)F. The molecule has 16 heavy (non-hydrogen) atoms. The molecule has 0 bridgehead atoms. The predicted octanol–water partition coefficient (Wildman–Crippen LogP) is 2.60. The summed E-state index contributed by atoms with van der Waals surface area (Å²) in [7, 11) is 0. The molecule has 0 aliphatic rings. The van der Waals surface area contributed by atoms with Crippen molar-refractivity contribution in [1.82, 2.24) is 4.98 Å². The number of fused-ring (bicyclic) bond motifs is 1. The van der Waals surface area contributed by atoms with Crippen LogP contribution in [0.1, 0.15) is 5.56 Å². The summed E-state index contributed by atoms with van der Waals surface area (Å²) < 4.78 is 36.8. The molecular formula is C11H11F3N2. The van der Waals surface area contributed by atoms with Gasteiger partial charge in [0.1, 0.15) is 6.04 Å². The molecule has 2 nitrogen and oxygen atoms in total. The van der Waals surface area contributed by atoms with Crippen LogP contribution in [0.25, 0.3) is 10.9 Å². The van der Waals surface area contributed by atoms with Gasteiger partial charge in [0, 0.05) is 11.7 Å². The number of alkyl halides is 3. The van der Waals surface area contributed by atoms with Gasteiger partial charge in [0.25, 0.3) is 0 Å². The van der Waals surface area contributed by atoms with Gasteiger partial charge in [-0.2, -0.15) is 13.2 Å². The number of aromatic amines is 1. The molecule has 1 aromatic carbocycles. The highest BCUT2D eigenvalue weighted by Crippen LogP contribution is 2.22. The smallest absolute Gasteiger partial charge is 0.361 e. The summed E-state index contributed by atoms with van der Waals surface area (Å²) in [6.45, 7) is 0. The van der Waals surface area contributed by atoms with Crippen molar-refractivity contribution in [3.63, 3.8) is 0 Å².